The second-order valence-corrected chi connectivity index (χ2v) is 13.6. The standard InChI is InChI=1S/C42H29Cl2NO5/c1-2-50-39(48)27-14-9-15-32(24-27)45-37(46)35-36(38(45)47)42(29-18-22-31(44)23-19-29)34(26-12-7-4-8-13-26)33(25-10-5-3-6-11-25)41(35,40(42)49)28-16-20-30(43)21-17-28/h3-24,35-36H,2H2,1H3/t35-,36-,41+,42+/m1/s1. The number of benzene rings is 5. The minimum absolute atomic E-state index is 0.167. The van der Waals surface area contributed by atoms with Gasteiger partial charge in [0, 0.05) is 10.0 Å². The minimum Gasteiger partial charge on any atom is -0.462 e. The number of carbonyl (C=O) groups is 4. The SMILES string of the molecule is CCOC(=O)c1cccc(N2C(=O)[C@H]3[C@H](C2=O)[C@@]2(c4ccc(Cl)cc4)C(=O)[C@@]3(c3ccc(Cl)cc3)C(c3ccccc3)=C2c2ccccc2)c1. The third kappa shape index (κ3) is 4.28. The number of imide groups is 1. The first-order valence-electron chi connectivity index (χ1n) is 16.3. The molecule has 2 aliphatic carbocycles. The molecular weight excluding hydrogens is 669 g/mol. The average molecular weight is 699 g/mol. The second kappa shape index (κ2) is 11.9. The number of anilines is 1. The number of allylic oxidation sites excluding steroid dienone is 2. The van der Waals surface area contributed by atoms with E-state index < -0.39 is 40.4 Å². The highest BCUT2D eigenvalue weighted by Crippen LogP contribution is 2.74. The van der Waals surface area contributed by atoms with Crippen LogP contribution in [0.4, 0.5) is 5.69 Å². The van der Waals surface area contributed by atoms with Gasteiger partial charge < -0.3 is 4.74 Å². The van der Waals surface area contributed by atoms with Crippen LogP contribution in [0.3, 0.4) is 0 Å². The van der Waals surface area contributed by atoms with E-state index in [9.17, 15) is 4.79 Å². The number of fused-ring (bicyclic) bond motifs is 5. The molecule has 2 fully saturated rings. The molecule has 8 heteroatoms. The van der Waals surface area contributed by atoms with E-state index in [-0.39, 0.29) is 23.6 Å². The summed E-state index contributed by atoms with van der Waals surface area (Å²) in [5.41, 5.74) is 1.20. The maximum Gasteiger partial charge on any atom is 0.338 e. The van der Waals surface area contributed by atoms with Gasteiger partial charge in [-0.1, -0.05) is 114 Å². The van der Waals surface area contributed by atoms with Gasteiger partial charge in [-0.05, 0) is 82.8 Å². The molecule has 0 N–H and O–H groups in total. The van der Waals surface area contributed by atoms with E-state index in [1.165, 1.54) is 6.07 Å². The number of amides is 2. The first-order chi connectivity index (χ1) is 24.3. The number of Topliss-reactive ketones (excluding diaryl/α,β-unsaturated/α-hetero) is 1. The topological polar surface area (TPSA) is 80.8 Å². The van der Waals surface area contributed by atoms with Crippen molar-refractivity contribution >= 4 is 63.6 Å². The van der Waals surface area contributed by atoms with Gasteiger partial charge in [0.1, 0.15) is 0 Å². The molecule has 3 aliphatic rings. The van der Waals surface area contributed by atoms with Crippen LogP contribution in [0.2, 0.25) is 10.0 Å². The summed E-state index contributed by atoms with van der Waals surface area (Å²) in [6, 6.07) is 39.5. The molecule has 1 heterocycles. The number of hydrogen-bond donors (Lipinski definition) is 0. The number of ether oxygens (including phenoxy) is 1. The van der Waals surface area contributed by atoms with E-state index in [1.54, 1.807) is 73.7 Å². The van der Waals surface area contributed by atoms with E-state index in [4.69, 9.17) is 27.9 Å². The molecule has 4 atom stereocenters. The van der Waals surface area contributed by atoms with Gasteiger partial charge in [-0.15, -0.1) is 0 Å². The molecule has 5 aromatic carbocycles. The Labute approximate surface area is 298 Å². The van der Waals surface area contributed by atoms with Crippen molar-refractivity contribution in [1.29, 1.82) is 0 Å². The lowest BCUT2D eigenvalue weighted by molar-refractivity contribution is -0.130. The van der Waals surface area contributed by atoms with Crippen LogP contribution in [0.1, 0.15) is 39.5 Å². The van der Waals surface area contributed by atoms with Crippen LogP contribution in [0.5, 0.6) is 0 Å². The summed E-state index contributed by atoms with van der Waals surface area (Å²) < 4.78 is 5.22. The van der Waals surface area contributed by atoms with Crippen molar-refractivity contribution in [2.75, 3.05) is 11.5 Å². The van der Waals surface area contributed by atoms with Gasteiger partial charge in [-0.3, -0.25) is 14.4 Å². The van der Waals surface area contributed by atoms with Crippen LogP contribution >= 0.6 is 23.2 Å². The van der Waals surface area contributed by atoms with Crippen LogP contribution in [-0.4, -0.2) is 30.2 Å². The Morgan fingerprint density at radius 2 is 1.10 bits per heavy atom. The first kappa shape index (κ1) is 31.9. The number of halogens is 2. The van der Waals surface area contributed by atoms with Gasteiger partial charge in [-0.25, -0.2) is 9.69 Å². The Bertz CT molecular complexity index is 2110. The molecule has 50 heavy (non-hydrogen) atoms. The normalized spacial score (nSPS) is 23.8. The Hall–Kier alpha value is -5.30. The van der Waals surface area contributed by atoms with Gasteiger partial charge >= 0.3 is 5.97 Å². The predicted molar refractivity (Wildman–Crippen MR) is 193 cm³/mol. The van der Waals surface area contributed by atoms with Crippen LogP contribution < -0.4 is 4.90 Å². The molecule has 0 aromatic heterocycles. The Kier molecular flexibility index (Phi) is 7.62. The fourth-order valence-electron chi connectivity index (χ4n) is 8.60. The molecule has 1 saturated heterocycles. The van der Waals surface area contributed by atoms with Gasteiger partial charge in [0.15, 0.2) is 5.78 Å². The predicted octanol–water partition coefficient (Wildman–Crippen LogP) is 8.36. The minimum atomic E-state index is -1.60. The highest BCUT2D eigenvalue weighted by atomic mass is 35.5. The highest BCUT2D eigenvalue weighted by Gasteiger charge is 2.82. The van der Waals surface area contributed by atoms with Crippen molar-refractivity contribution in [2.24, 2.45) is 11.8 Å². The van der Waals surface area contributed by atoms with Crippen LogP contribution in [0, 0.1) is 11.8 Å². The number of hydrogen-bond acceptors (Lipinski definition) is 5. The first-order valence-corrected chi connectivity index (χ1v) is 17.1. The summed E-state index contributed by atoms with van der Waals surface area (Å²) in [5, 5.41) is 0.933. The molecule has 5 aromatic rings. The maximum atomic E-state index is 16.0. The summed E-state index contributed by atoms with van der Waals surface area (Å²) in [7, 11) is 0. The van der Waals surface area contributed by atoms with Crippen molar-refractivity contribution < 1.29 is 23.9 Å². The zero-order valence-corrected chi connectivity index (χ0v) is 28.3. The second-order valence-electron chi connectivity index (χ2n) is 12.7. The van der Waals surface area contributed by atoms with Gasteiger partial charge in [0.2, 0.25) is 11.8 Å². The fourth-order valence-corrected chi connectivity index (χ4v) is 8.85. The van der Waals surface area contributed by atoms with Gasteiger partial charge in [0.25, 0.3) is 0 Å². The molecule has 246 valence electrons. The average Bonchev–Trinajstić information content (AvgIpc) is 3.65. The van der Waals surface area contributed by atoms with E-state index in [1.807, 2.05) is 60.7 Å². The van der Waals surface area contributed by atoms with Crippen molar-refractivity contribution in [3.05, 3.63) is 171 Å². The van der Waals surface area contributed by atoms with Gasteiger partial charge in [-0.2, -0.15) is 0 Å². The number of esters is 1. The summed E-state index contributed by atoms with van der Waals surface area (Å²) >= 11 is 12.8. The number of carbonyl (C=O) groups excluding carboxylic acids is 4. The van der Waals surface area contributed by atoms with Crippen LogP contribution in [-0.2, 0) is 30.0 Å². The molecule has 0 spiro atoms. The lowest BCUT2D eigenvalue weighted by Crippen LogP contribution is -2.45. The van der Waals surface area contributed by atoms with Crippen molar-refractivity contribution in [3.8, 4) is 0 Å². The van der Waals surface area contributed by atoms with Crippen LogP contribution in [0.25, 0.3) is 11.1 Å². The zero-order valence-electron chi connectivity index (χ0n) is 26.8. The molecule has 6 nitrogen and oxygen atoms in total. The summed E-state index contributed by atoms with van der Waals surface area (Å²) in [5.74, 6) is -4.15. The Balaban J connectivity index is 1.50. The Morgan fingerprint density at radius 1 is 0.640 bits per heavy atom. The van der Waals surface area contributed by atoms with E-state index in [0.29, 0.717) is 32.3 Å². The quantitative estimate of drug-likeness (QED) is 0.126. The monoisotopic (exact) mass is 697 g/mol. The molecule has 1 saturated carbocycles. The van der Waals surface area contributed by atoms with Crippen LogP contribution in [0.15, 0.2) is 133 Å². The van der Waals surface area contributed by atoms with Crippen molar-refractivity contribution in [1.82, 2.24) is 0 Å². The molecule has 1 aliphatic heterocycles. The van der Waals surface area contributed by atoms with E-state index >= 15 is 14.4 Å². The summed E-state index contributed by atoms with van der Waals surface area (Å²) in [6.07, 6.45) is 0. The lowest BCUT2D eigenvalue weighted by Gasteiger charge is -2.39. The van der Waals surface area contributed by atoms with Crippen molar-refractivity contribution in [2.45, 2.75) is 17.8 Å². The molecule has 2 amide bonds. The molecular formula is C42H29Cl2NO5. The van der Waals surface area contributed by atoms with Crippen molar-refractivity contribution in [3.63, 3.8) is 0 Å². The van der Waals surface area contributed by atoms with E-state index in [0.717, 1.165) is 16.0 Å². The summed E-state index contributed by atoms with van der Waals surface area (Å²) in [6.45, 7) is 1.87. The maximum absolute atomic E-state index is 16.0. The molecule has 8 rings (SSSR count). The molecule has 0 radical (unpaired) electrons. The number of ketones is 1. The highest BCUT2D eigenvalue weighted by molar-refractivity contribution is 6.39. The smallest absolute Gasteiger partial charge is 0.338 e. The van der Waals surface area contributed by atoms with E-state index in [2.05, 4.69) is 0 Å². The number of nitrogens with zero attached hydrogens (tertiary/aromatic N) is 1. The largest absolute Gasteiger partial charge is 0.462 e. The number of rotatable bonds is 7. The third-order valence-corrected chi connectivity index (χ3v) is 10.8. The fraction of sp³-hybridized carbons (Fsp3) is 0.143. The Morgan fingerprint density at radius 3 is 1.54 bits per heavy atom. The third-order valence-electron chi connectivity index (χ3n) is 10.3. The van der Waals surface area contributed by atoms with Gasteiger partial charge in [0.05, 0.1) is 40.5 Å². The summed E-state index contributed by atoms with van der Waals surface area (Å²) in [4.78, 5) is 60.3. The molecule has 2 bridgehead atoms. The molecule has 0 unspecified atom stereocenters. The zero-order chi connectivity index (χ0) is 34.8. The lowest BCUT2D eigenvalue weighted by atomic mass is 9.59.